The molecule has 6 heteroatoms. The Kier molecular flexibility index (Phi) is 3.77. The van der Waals surface area contributed by atoms with Crippen LogP contribution in [0, 0.1) is 6.92 Å². The first-order chi connectivity index (χ1) is 7.30. The molecule has 0 unspecified atom stereocenters. The monoisotopic (exact) mass is 243 g/mol. The molecular weight excluding hydrogens is 226 g/mol. The van der Waals surface area contributed by atoms with Crippen molar-refractivity contribution in [2.75, 3.05) is 10.5 Å². The molecule has 90 valence electrons. The SMILES string of the molecule is Cc1cc(N)ccc1NS(=O)(=O)NC(C)C. The molecule has 1 rings (SSSR count). The fourth-order valence-corrected chi connectivity index (χ4v) is 2.48. The summed E-state index contributed by atoms with van der Waals surface area (Å²) in [6.07, 6.45) is 0. The number of nitrogens with two attached hydrogens (primary N) is 1. The highest BCUT2D eigenvalue weighted by Crippen LogP contribution is 2.18. The minimum Gasteiger partial charge on any atom is -0.399 e. The lowest BCUT2D eigenvalue weighted by Crippen LogP contribution is -2.35. The molecule has 0 atom stereocenters. The molecule has 0 bridgehead atoms. The maximum absolute atomic E-state index is 11.6. The molecule has 0 radical (unpaired) electrons. The number of nitrogens with one attached hydrogen (secondary N) is 2. The van der Waals surface area contributed by atoms with Gasteiger partial charge in [-0.2, -0.15) is 13.1 Å². The van der Waals surface area contributed by atoms with E-state index in [0.29, 0.717) is 11.4 Å². The Morgan fingerprint density at radius 1 is 1.31 bits per heavy atom. The third kappa shape index (κ3) is 3.71. The molecule has 4 N–H and O–H groups in total. The highest BCUT2D eigenvalue weighted by atomic mass is 32.2. The lowest BCUT2D eigenvalue weighted by molar-refractivity contribution is 0.575. The van der Waals surface area contributed by atoms with Gasteiger partial charge < -0.3 is 5.73 Å². The zero-order valence-electron chi connectivity index (χ0n) is 9.61. The van der Waals surface area contributed by atoms with Crippen molar-refractivity contribution in [1.82, 2.24) is 4.72 Å². The Hall–Kier alpha value is -1.27. The Morgan fingerprint density at radius 3 is 2.44 bits per heavy atom. The van der Waals surface area contributed by atoms with Crippen LogP contribution in [-0.2, 0) is 10.2 Å². The number of hydrogen-bond acceptors (Lipinski definition) is 3. The summed E-state index contributed by atoms with van der Waals surface area (Å²) in [6.45, 7) is 5.31. The highest BCUT2D eigenvalue weighted by molar-refractivity contribution is 7.90. The minimum atomic E-state index is -3.51. The third-order valence-electron chi connectivity index (χ3n) is 1.89. The summed E-state index contributed by atoms with van der Waals surface area (Å²) in [5.41, 5.74) is 7.50. The molecular formula is C10H17N3O2S. The predicted octanol–water partition coefficient (Wildman–Crippen LogP) is 1.23. The number of anilines is 2. The van der Waals surface area contributed by atoms with E-state index < -0.39 is 10.2 Å². The van der Waals surface area contributed by atoms with Crippen molar-refractivity contribution in [3.05, 3.63) is 23.8 Å². The van der Waals surface area contributed by atoms with Crippen LogP contribution in [0.25, 0.3) is 0 Å². The smallest absolute Gasteiger partial charge is 0.299 e. The summed E-state index contributed by atoms with van der Waals surface area (Å²) >= 11 is 0. The number of aryl methyl sites for hydroxylation is 1. The van der Waals surface area contributed by atoms with Crippen LogP contribution in [0.1, 0.15) is 19.4 Å². The fraction of sp³-hybridized carbons (Fsp3) is 0.400. The van der Waals surface area contributed by atoms with Gasteiger partial charge in [-0.05, 0) is 44.5 Å². The summed E-state index contributed by atoms with van der Waals surface area (Å²) in [5.74, 6) is 0. The highest BCUT2D eigenvalue weighted by Gasteiger charge is 2.12. The Bertz CT molecular complexity index is 469. The summed E-state index contributed by atoms with van der Waals surface area (Å²) in [7, 11) is -3.51. The van der Waals surface area contributed by atoms with E-state index in [-0.39, 0.29) is 6.04 Å². The molecule has 1 aromatic carbocycles. The molecule has 0 aliphatic carbocycles. The van der Waals surface area contributed by atoms with Crippen molar-refractivity contribution in [2.45, 2.75) is 26.8 Å². The van der Waals surface area contributed by atoms with Crippen molar-refractivity contribution in [3.8, 4) is 0 Å². The molecule has 0 spiro atoms. The first kappa shape index (κ1) is 12.8. The summed E-state index contributed by atoms with van der Waals surface area (Å²) in [6, 6.07) is 4.86. The molecule has 16 heavy (non-hydrogen) atoms. The van der Waals surface area contributed by atoms with E-state index >= 15 is 0 Å². The van der Waals surface area contributed by atoms with Crippen LogP contribution in [0.4, 0.5) is 11.4 Å². The van der Waals surface area contributed by atoms with Crippen LogP contribution in [0.2, 0.25) is 0 Å². The van der Waals surface area contributed by atoms with Gasteiger partial charge in [0.1, 0.15) is 0 Å². The standard InChI is InChI=1S/C10H17N3O2S/c1-7(2)12-16(14,15)13-10-5-4-9(11)6-8(10)3/h4-7,12-13H,11H2,1-3H3. The van der Waals surface area contributed by atoms with Gasteiger partial charge >= 0.3 is 0 Å². The van der Waals surface area contributed by atoms with Gasteiger partial charge in [-0.15, -0.1) is 0 Å². The number of rotatable bonds is 4. The summed E-state index contributed by atoms with van der Waals surface area (Å²) < 4.78 is 28.1. The van der Waals surface area contributed by atoms with E-state index in [2.05, 4.69) is 9.44 Å². The second kappa shape index (κ2) is 4.71. The zero-order valence-corrected chi connectivity index (χ0v) is 10.4. The van der Waals surface area contributed by atoms with Gasteiger partial charge in [0.25, 0.3) is 10.2 Å². The van der Waals surface area contributed by atoms with Crippen LogP contribution in [0.3, 0.4) is 0 Å². The van der Waals surface area contributed by atoms with Gasteiger partial charge in [-0.1, -0.05) is 0 Å². The topological polar surface area (TPSA) is 84.2 Å². The molecule has 0 aromatic heterocycles. The molecule has 1 aromatic rings. The van der Waals surface area contributed by atoms with E-state index in [1.54, 1.807) is 39.0 Å². The van der Waals surface area contributed by atoms with E-state index in [1.807, 2.05) is 0 Å². The summed E-state index contributed by atoms with van der Waals surface area (Å²) in [5, 5.41) is 0. The average molecular weight is 243 g/mol. The molecule has 5 nitrogen and oxygen atoms in total. The van der Waals surface area contributed by atoms with Crippen molar-refractivity contribution in [1.29, 1.82) is 0 Å². The van der Waals surface area contributed by atoms with E-state index in [4.69, 9.17) is 5.73 Å². The molecule has 0 saturated carbocycles. The van der Waals surface area contributed by atoms with Gasteiger partial charge in [0, 0.05) is 11.7 Å². The van der Waals surface area contributed by atoms with Crippen LogP contribution in [0.5, 0.6) is 0 Å². The van der Waals surface area contributed by atoms with Crippen LogP contribution >= 0.6 is 0 Å². The number of nitrogen functional groups attached to an aromatic ring is 1. The Labute approximate surface area is 96.2 Å². The third-order valence-corrected chi connectivity index (χ3v) is 3.16. The fourth-order valence-electron chi connectivity index (χ4n) is 1.29. The lowest BCUT2D eigenvalue weighted by Gasteiger charge is -2.13. The largest absolute Gasteiger partial charge is 0.399 e. The van der Waals surface area contributed by atoms with Crippen molar-refractivity contribution in [3.63, 3.8) is 0 Å². The van der Waals surface area contributed by atoms with E-state index in [0.717, 1.165) is 5.56 Å². The maximum atomic E-state index is 11.6. The average Bonchev–Trinajstić information content (AvgIpc) is 2.07. The molecule has 0 saturated heterocycles. The van der Waals surface area contributed by atoms with Crippen molar-refractivity contribution < 1.29 is 8.42 Å². The molecule has 0 heterocycles. The van der Waals surface area contributed by atoms with Gasteiger partial charge in [0.2, 0.25) is 0 Å². The van der Waals surface area contributed by atoms with E-state index in [9.17, 15) is 8.42 Å². The summed E-state index contributed by atoms with van der Waals surface area (Å²) in [4.78, 5) is 0. The second-order valence-electron chi connectivity index (χ2n) is 3.95. The normalized spacial score (nSPS) is 11.8. The Morgan fingerprint density at radius 2 is 1.94 bits per heavy atom. The van der Waals surface area contributed by atoms with Crippen molar-refractivity contribution >= 4 is 21.6 Å². The van der Waals surface area contributed by atoms with Gasteiger partial charge in [-0.25, -0.2) is 0 Å². The minimum absolute atomic E-state index is 0.147. The number of hydrogen-bond donors (Lipinski definition) is 3. The maximum Gasteiger partial charge on any atom is 0.299 e. The second-order valence-corrected chi connectivity index (χ2v) is 5.40. The van der Waals surface area contributed by atoms with Gasteiger partial charge in [-0.3, -0.25) is 4.72 Å². The zero-order chi connectivity index (χ0) is 12.3. The van der Waals surface area contributed by atoms with Crippen LogP contribution in [-0.4, -0.2) is 14.5 Å². The van der Waals surface area contributed by atoms with Gasteiger partial charge in [0.05, 0.1) is 5.69 Å². The quantitative estimate of drug-likeness (QED) is 0.695. The molecule has 0 aliphatic heterocycles. The van der Waals surface area contributed by atoms with Gasteiger partial charge in [0.15, 0.2) is 0 Å². The first-order valence-corrected chi connectivity index (χ1v) is 6.44. The molecule has 0 fully saturated rings. The van der Waals surface area contributed by atoms with Crippen LogP contribution in [0.15, 0.2) is 18.2 Å². The van der Waals surface area contributed by atoms with E-state index in [1.165, 1.54) is 0 Å². The molecule has 0 amide bonds. The number of benzene rings is 1. The van der Waals surface area contributed by atoms with Crippen LogP contribution < -0.4 is 15.2 Å². The van der Waals surface area contributed by atoms with Crippen molar-refractivity contribution in [2.24, 2.45) is 0 Å². The molecule has 0 aliphatic rings. The Balaban J connectivity index is 2.88. The lowest BCUT2D eigenvalue weighted by atomic mass is 10.2. The first-order valence-electron chi connectivity index (χ1n) is 4.96. The predicted molar refractivity (Wildman–Crippen MR) is 66.4 cm³/mol.